The van der Waals surface area contributed by atoms with Crippen LogP contribution >= 0.6 is 11.8 Å². The Morgan fingerprint density at radius 1 is 1.10 bits per heavy atom. The minimum atomic E-state index is 0.0496. The minimum absolute atomic E-state index is 0.0496. The van der Waals surface area contributed by atoms with Crippen molar-refractivity contribution in [1.29, 1.82) is 0 Å². The molecule has 96 valence electrons. The van der Waals surface area contributed by atoms with Gasteiger partial charge in [0.2, 0.25) is 5.70 Å². The van der Waals surface area contributed by atoms with Gasteiger partial charge in [-0.1, -0.05) is 36.4 Å². The van der Waals surface area contributed by atoms with E-state index in [0.717, 1.165) is 28.4 Å². The molecule has 1 aromatic rings. The number of hydrogen-bond donors (Lipinski definition) is 0. The average molecular weight is 281 g/mol. The molecule has 0 radical (unpaired) electrons. The summed E-state index contributed by atoms with van der Waals surface area (Å²) in [4.78, 5) is 8.97. The van der Waals surface area contributed by atoms with Gasteiger partial charge in [-0.3, -0.25) is 4.99 Å². The molecule has 3 nitrogen and oxygen atoms in total. The summed E-state index contributed by atoms with van der Waals surface area (Å²) in [6.07, 6.45) is 11.4. The van der Waals surface area contributed by atoms with E-state index in [1.54, 1.807) is 12.4 Å². The number of quaternary nitrogens is 1. The maximum atomic E-state index is 6.81. The predicted octanol–water partition coefficient (Wildman–Crippen LogP) is 3.68. The number of fused-ring (bicyclic) bond motifs is 1. The molecule has 3 aliphatic rings. The normalized spacial score (nSPS) is 26.2. The second kappa shape index (κ2) is 4.13. The standard InChI is InChI=1S/C16H11ClN3/c17-20-10-9-18-11-14(20)15(12-7-4-8-12)19-16(20)13-5-2-1-3-6-13/h1-11H/q+1. The van der Waals surface area contributed by atoms with Crippen LogP contribution in [0.4, 0.5) is 0 Å². The summed E-state index contributed by atoms with van der Waals surface area (Å²) < 4.78 is 0.0496. The summed E-state index contributed by atoms with van der Waals surface area (Å²) >= 11 is 6.81. The first-order chi connectivity index (χ1) is 9.79. The van der Waals surface area contributed by atoms with Gasteiger partial charge < -0.3 is 0 Å². The van der Waals surface area contributed by atoms with E-state index in [0.29, 0.717) is 0 Å². The Hall–Kier alpha value is -2.23. The summed E-state index contributed by atoms with van der Waals surface area (Å²) in [7, 11) is 0. The zero-order valence-electron chi connectivity index (χ0n) is 10.6. The van der Waals surface area contributed by atoms with Gasteiger partial charge in [-0.15, -0.1) is 4.00 Å². The summed E-state index contributed by atoms with van der Waals surface area (Å²) in [5.41, 5.74) is 3.90. The summed E-state index contributed by atoms with van der Waals surface area (Å²) in [5.74, 6) is 0.806. The Morgan fingerprint density at radius 3 is 2.60 bits per heavy atom. The van der Waals surface area contributed by atoms with Crippen molar-refractivity contribution < 1.29 is 4.00 Å². The molecule has 2 aliphatic heterocycles. The highest BCUT2D eigenvalue weighted by Crippen LogP contribution is 2.40. The first kappa shape index (κ1) is 11.6. The Labute approximate surface area is 121 Å². The maximum absolute atomic E-state index is 6.81. The first-order valence-corrected chi connectivity index (χ1v) is 6.70. The molecule has 1 unspecified atom stereocenters. The van der Waals surface area contributed by atoms with Gasteiger partial charge in [-0.25, -0.2) is 0 Å². The quantitative estimate of drug-likeness (QED) is 0.738. The van der Waals surface area contributed by atoms with Crippen molar-refractivity contribution in [2.75, 3.05) is 0 Å². The van der Waals surface area contributed by atoms with E-state index in [-0.39, 0.29) is 4.00 Å². The Bertz CT molecular complexity index is 766. The molecule has 1 atom stereocenters. The van der Waals surface area contributed by atoms with Gasteiger partial charge in [0.15, 0.2) is 11.8 Å². The Morgan fingerprint density at radius 2 is 1.90 bits per heavy atom. The number of aliphatic imine (C=N–C) groups is 2. The second-order valence-corrected chi connectivity index (χ2v) is 5.26. The van der Waals surface area contributed by atoms with Crippen molar-refractivity contribution in [1.82, 2.24) is 0 Å². The van der Waals surface area contributed by atoms with Gasteiger partial charge in [0, 0.05) is 5.57 Å². The average Bonchev–Trinajstić information content (AvgIpc) is 2.72. The maximum Gasteiger partial charge on any atom is 0.264 e. The van der Waals surface area contributed by atoms with Gasteiger partial charge in [-0.2, -0.15) is 4.99 Å². The number of nitrogens with zero attached hydrogens (tertiary/aromatic N) is 3. The van der Waals surface area contributed by atoms with Crippen LogP contribution in [0.15, 0.2) is 87.9 Å². The number of rotatable bonds is 2. The highest BCUT2D eigenvalue weighted by atomic mass is 35.5. The number of allylic oxidation sites excluding steroid dienone is 4. The summed E-state index contributed by atoms with van der Waals surface area (Å²) in [5, 5.41) is 0. The van der Waals surface area contributed by atoms with Gasteiger partial charge in [0.05, 0.1) is 18.0 Å². The van der Waals surface area contributed by atoms with E-state index in [4.69, 9.17) is 16.8 Å². The molecule has 0 N–H and O–H groups in total. The van der Waals surface area contributed by atoms with Crippen LogP contribution in [0.25, 0.3) is 0 Å². The van der Waals surface area contributed by atoms with Crippen LogP contribution < -0.4 is 0 Å². The lowest BCUT2D eigenvalue weighted by atomic mass is 10.0. The van der Waals surface area contributed by atoms with E-state index in [1.807, 2.05) is 54.8 Å². The first-order valence-electron chi connectivity index (χ1n) is 6.36. The fourth-order valence-corrected chi connectivity index (χ4v) is 2.76. The Balaban J connectivity index is 1.90. The molecule has 0 saturated carbocycles. The second-order valence-electron chi connectivity index (χ2n) is 4.73. The number of hydrogen-bond acceptors (Lipinski definition) is 2. The van der Waals surface area contributed by atoms with Crippen molar-refractivity contribution >= 4 is 23.8 Å². The van der Waals surface area contributed by atoms with Crippen molar-refractivity contribution in [3.63, 3.8) is 0 Å². The van der Waals surface area contributed by atoms with Crippen LogP contribution in [0.5, 0.6) is 0 Å². The van der Waals surface area contributed by atoms with Crippen LogP contribution in [0.2, 0.25) is 0 Å². The summed E-state index contributed by atoms with van der Waals surface area (Å²) in [6, 6.07) is 10.0. The molecule has 2 heterocycles. The highest BCUT2D eigenvalue weighted by molar-refractivity contribution is 6.20. The zero-order chi connectivity index (χ0) is 13.6. The number of amidine groups is 1. The fraction of sp³-hybridized carbons (Fsp3) is 0. The third-order valence-electron chi connectivity index (χ3n) is 3.53. The molecule has 0 spiro atoms. The van der Waals surface area contributed by atoms with Crippen molar-refractivity contribution in [3.8, 4) is 0 Å². The molecule has 0 bridgehead atoms. The monoisotopic (exact) mass is 280 g/mol. The van der Waals surface area contributed by atoms with Gasteiger partial charge >= 0.3 is 0 Å². The van der Waals surface area contributed by atoms with E-state index in [1.165, 1.54) is 0 Å². The number of benzene rings is 1. The van der Waals surface area contributed by atoms with Crippen LogP contribution in [-0.2, 0) is 0 Å². The summed E-state index contributed by atoms with van der Waals surface area (Å²) in [6.45, 7) is 0. The van der Waals surface area contributed by atoms with E-state index in [9.17, 15) is 0 Å². The van der Waals surface area contributed by atoms with E-state index in [2.05, 4.69) is 4.99 Å². The van der Waals surface area contributed by atoms with Crippen molar-refractivity contribution in [2.24, 2.45) is 9.98 Å². The van der Waals surface area contributed by atoms with Crippen LogP contribution in [0.1, 0.15) is 5.56 Å². The molecule has 20 heavy (non-hydrogen) atoms. The van der Waals surface area contributed by atoms with Gasteiger partial charge in [0.1, 0.15) is 11.9 Å². The van der Waals surface area contributed by atoms with Gasteiger partial charge in [0.25, 0.3) is 5.84 Å². The third kappa shape index (κ3) is 1.51. The molecule has 0 amide bonds. The van der Waals surface area contributed by atoms with E-state index >= 15 is 0 Å². The topological polar surface area (TPSA) is 24.7 Å². The lowest BCUT2D eigenvalue weighted by molar-refractivity contribution is -0.599. The molecule has 1 aliphatic carbocycles. The zero-order valence-corrected chi connectivity index (χ0v) is 11.3. The SMILES string of the molecule is Cl[N+]12C=CN=CC1=C(C1=CC=C1)N=C2c1ccccc1. The molecular weight excluding hydrogens is 270 g/mol. The largest absolute Gasteiger partial charge is 0.264 e. The predicted molar refractivity (Wildman–Crippen MR) is 81.0 cm³/mol. The molecule has 1 aromatic carbocycles. The van der Waals surface area contributed by atoms with Crippen LogP contribution in [-0.4, -0.2) is 16.1 Å². The molecule has 0 aromatic heterocycles. The van der Waals surface area contributed by atoms with Gasteiger partial charge in [-0.05, 0) is 12.1 Å². The lowest BCUT2D eigenvalue weighted by Gasteiger charge is -2.22. The molecular formula is C16H11ClN3+. The fourth-order valence-electron chi connectivity index (χ4n) is 2.45. The smallest absolute Gasteiger partial charge is 0.253 e. The minimum Gasteiger partial charge on any atom is -0.253 e. The molecule has 0 fully saturated rings. The highest BCUT2D eigenvalue weighted by Gasteiger charge is 2.46. The van der Waals surface area contributed by atoms with E-state index < -0.39 is 0 Å². The third-order valence-corrected chi connectivity index (χ3v) is 3.99. The van der Waals surface area contributed by atoms with Crippen LogP contribution in [0, 0.1) is 0 Å². The van der Waals surface area contributed by atoms with Crippen molar-refractivity contribution in [3.05, 3.63) is 83.5 Å². The van der Waals surface area contributed by atoms with Crippen LogP contribution in [0.3, 0.4) is 0 Å². The molecule has 4 rings (SSSR count). The molecule has 0 saturated heterocycles. The molecule has 4 heteroatoms. The number of halogens is 1. The lowest BCUT2D eigenvalue weighted by Crippen LogP contribution is -2.37. The Kier molecular flexibility index (Phi) is 2.39. The van der Waals surface area contributed by atoms with Crippen molar-refractivity contribution in [2.45, 2.75) is 0 Å².